The van der Waals surface area contributed by atoms with Crippen molar-refractivity contribution in [2.45, 2.75) is 66.7 Å². The van der Waals surface area contributed by atoms with E-state index in [1.807, 2.05) is 6.08 Å². The molecule has 0 amide bonds. The monoisotopic (exact) mass is 276 g/mol. The minimum atomic E-state index is 0.154. The van der Waals surface area contributed by atoms with Gasteiger partial charge in [-0.2, -0.15) is 0 Å². The number of hydrogen-bond acceptors (Lipinski definition) is 1. The van der Waals surface area contributed by atoms with Crippen LogP contribution in [0.1, 0.15) is 66.7 Å². The summed E-state index contributed by atoms with van der Waals surface area (Å²) in [6, 6.07) is 0. The van der Waals surface area contributed by atoms with Gasteiger partial charge < -0.3 is 5.11 Å². The van der Waals surface area contributed by atoms with Gasteiger partial charge >= 0.3 is 0 Å². The van der Waals surface area contributed by atoms with Crippen LogP contribution in [0.4, 0.5) is 0 Å². The Kier molecular flexibility index (Phi) is 11.1. The standard InChI is InChI=1S/C19H32O/c1-16(2)8-6-10-19(13-12-17(3)4)11-7-9-18(5)14-15-20/h8,11-12,14,20H,6-7,9-10,13,15H2,1-5H3. The molecule has 0 radical (unpaired) electrons. The molecule has 0 saturated carbocycles. The number of aliphatic hydroxyl groups is 1. The lowest BCUT2D eigenvalue weighted by molar-refractivity contribution is 0.341. The van der Waals surface area contributed by atoms with E-state index >= 15 is 0 Å². The summed E-state index contributed by atoms with van der Waals surface area (Å²) in [5, 5.41) is 8.85. The highest BCUT2D eigenvalue weighted by atomic mass is 16.2. The number of rotatable bonds is 9. The summed E-state index contributed by atoms with van der Waals surface area (Å²) in [4.78, 5) is 0. The molecule has 0 aromatic rings. The maximum absolute atomic E-state index is 8.85. The fourth-order valence-corrected chi connectivity index (χ4v) is 1.93. The van der Waals surface area contributed by atoms with E-state index in [1.54, 1.807) is 0 Å². The van der Waals surface area contributed by atoms with Crippen LogP contribution in [0.2, 0.25) is 0 Å². The summed E-state index contributed by atoms with van der Waals surface area (Å²) in [6.45, 7) is 10.9. The smallest absolute Gasteiger partial charge is 0.0614 e. The van der Waals surface area contributed by atoms with Crippen molar-refractivity contribution in [3.63, 3.8) is 0 Å². The second-order valence-electron chi connectivity index (χ2n) is 5.94. The van der Waals surface area contributed by atoms with Crippen molar-refractivity contribution < 1.29 is 5.11 Å². The van der Waals surface area contributed by atoms with Crippen LogP contribution in [-0.2, 0) is 0 Å². The zero-order valence-electron chi connectivity index (χ0n) is 14.0. The summed E-state index contributed by atoms with van der Waals surface area (Å²) in [5.41, 5.74) is 5.58. The highest BCUT2D eigenvalue weighted by Crippen LogP contribution is 2.16. The Morgan fingerprint density at radius 3 is 1.90 bits per heavy atom. The van der Waals surface area contributed by atoms with Gasteiger partial charge in [-0.25, -0.2) is 0 Å². The van der Waals surface area contributed by atoms with Crippen LogP contribution in [0.15, 0.2) is 46.6 Å². The largest absolute Gasteiger partial charge is 0.392 e. The highest BCUT2D eigenvalue weighted by molar-refractivity contribution is 5.12. The third-order valence-corrected chi connectivity index (χ3v) is 3.20. The van der Waals surface area contributed by atoms with Gasteiger partial charge in [-0.3, -0.25) is 0 Å². The maximum atomic E-state index is 8.85. The molecule has 0 aliphatic carbocycles. The minimum absolute atomic E-state index is 0.154. The van der Waals surface area contributed by atoms with Gasteiger partial charge in [-0.15, -0.1) is 0 Å². The van der Waals surface area contributed by atoms with Gasteiger partial charge in [0.25, 0.3) is 0 Å². The van der Waals surface area contributed by atoms with E-state index in [2.05, 4.69) is 52.8 Å². The number of allylic oxidation sites excluding steroid dienone is 7. The Hall–Kier alpha value is -1.08. The topological polar surface area (TPSA) is 20.2 Å². The third kappa shape index (κ3) is 12.0. The SMILES string of the molecule is CC(C)=CCCC(=CCCC(C)=CCO)CC=C(C)C. The lowest BCUT2D eigenvalue weighted by Gasteiger charge is -2.05. The van der Waals surface area contributed by atoms with E-state index in [0.717, 1.165) is 32.1 Å². The van der Waals surface area contributed by atoms with Crippen molar-refractivity contribution in [3.05, 3.63) is 46.6 Å². The van der Waals surface area contributed by atoms with Crippen LogP contribution < -0.4 is 0 Å². The van der Waals surface area contributed by atoms with Crippen molar-refractivity contribution in [2.24, 2.45) is 0 Å². The molecule has 0 bridgehead atoms. The number of hydrogen-bond donors (Lipinski definition) is 1. The molecular weight excluding hydrogens is 244 g/mol. The Bertz CT molecular complexity index is 373. The van der Waals surface area contributed by atoms with Gasteiger partial charge in [0, 0.05) is 0 Å². The first-order valence-corrected chi connectivity index (χ1v) is 7.66. The zero-order chi connectivity index (χ0) is 15.4. The van der Waals surface area contributed by atoms with Crippen molar-refractivity contribution >= 4 is 0 Å². The summed E-state index contributed by atoms with van der Waals surface area (Å²) < 4.78 is 0. The van der Waals surface area contributed by atoms with Crippen LogP contribution in [0.5, 0.6) is 0 Å². The van der Waals surface area contributed by atoms with Crippen molar-refractivity contribution in [2.75, 3.05) is 6.61 Å². The Morgan fingerprint density at radius 1 is 0.750 bits per heavy atom. The molecule has 0 aliphatic heterocycles. The van der Waals surface area contributed by atoms with Gasteiger partial charge in [0.1, 0.15) is 0 Å². The maximum Gasteiger partial charge on any atom is 0.0614 e. The van der Waals surface area contributed by atoms with E-state index in [-0.39, 0.29) is 6.61 Å². The second-order valence-corrected chi connectivity index (χ2v) is 5.94. The Balaban J connectivity index is 4.46. The summed E-state index contributed by atoms with van der Waals surface area (Å²) in [7, 11) is 0. The van der Waals surface area contributed by atoms with Gasteiger partial charge in [-0.1, -0.05) is 46.6 Å². The van der Waals surface area contributed by atoms with Gasteiger partial charge in [0.2, 0.25) is 0 Å². The summed E-state index contributed by atoms with van der Waals surface area (Å²) in [6.07, 6.45) is 14.4. The highest BCUT2D eigenvalue weighted by Gasteiger charge is 1.96. The molecule has 0 aromatic heterocycles. The molecule has 0 fully saturated rings. The van der Waals surface area contributed by atoms with E-state index < -0.39 is 0 Å². The summed E-state index contributed by atoms with van der Waals surface area (Å²) >= 11 is 0. The van der Waals surface area contributed by atoms with Crippen molar-refractivity contribution in [3.8, 4) is 0 Å². The quantitative estimate of drug-likeness (QED) is 0.533. The van der Waals surface area contributed by atoms with E-state index in [4.69, 9.17) is 5.11 Å². The molecular formula is C19H32O. The molecule has 1 N–H and O–H groups in total. The molecule has 0 rings (SSSR count). The fraction of sp³-hybridized carbons (Fsp3) is 0.579. The minimum Gasteiger partial charge on any atom is -0.392 e. The van der Waals surface area contributed by atoms with E-state index in [0.29, 0.717) is 0 Å². The molecule has 0 atom stereocenters. The van der Waals surface area contributed by atoms with Crippen LogP contribution in [0.3, 0.4) is 0 Å². The molecule has 0 heterocycles. The van der Waals surface area contributed by atoms with Gasteiger partial charge in [-0.05, 0) is 66.7 Å². The molecule has 0 saturated heterocycles. The van der Waals surface area contributed by atoms with Crippen LogP contribution in [-0.4, -0.2) is 11.7 Å². The third-order valence-electron chi connectivity index (χ3n) is 3.20. The van der Waals surface area contributed by atoms with Crippen LogP contribution in [0, 0.1) is 0 Å². The van der Waals surface area contributed by atoms with E-state index in [9.17, 15) is 0 Å². The molecule has 1 heteroatoms. The predicted molar refractivity (Wildman–Crippen MR) is 90.9 cm³/mol. The zero-order valence-corrected chi connectivity index (χ0v) is 14.0. The molecule has 20 heavy (non-hydrogen) atoms. The molecule has 114 valence electrons. The summed E-state index contributed by atoms with van der Waals surface area (Å²) in [5.74, 6) is 0. The second kappa shape index (κ2) is 11.7. The molecule has 1 nitrogen and oxygen atoms in total. The molecule has 0 unspecified atom stereocenters. The predicted octanol–water partition coefficient (Wildman–Crippen LogP) is 5.73. The van der Waals surface area contributed by atoms with E-state index in [1.165, 1.54) is 22.3 Å². The average molecular weight is 276 g/mol. The van der Waals surface area contributed by atoms with Crippen molar-refractivity contribution in [1.29, 1.82) is 0 Å². The molecule has 0 aromatic carbocycles. The number of aliphatic hydroxyl groups excluding tert-OH is 1. The van der Waals surface area contributed by atoms with Crippen molar-refractivity contribution in [1.82, 2.24) is 0 Å². The lowest BCUT2D eigenvalue weighted by Crippen LogP contribution is -1.86. The first-order chi connectivity index (χ1) is 9.45. The van der Waals surface area contributed by atoms with Gasteiger partial charge in [0.15, 0.2) is 0 Å². The average Bonchev–Trinajstić information content (AvgIpc) is 2.35. The first-order valence-electron chi connectivity index (χ1n) is 7.66. The Morgan fingerprint density at radius 2 is 1.35 bits per heavy atom. The van der Waals surface area contributed by atoms with Crippen LogP contribution in [0.25, 0.3) is 0 Å². The lowest BCUT2D eigenvalue weighted by atomic mass is 10.0. The first kappa shape index (κ1) is 18.9. The molecule has 0 spiro atoms. The van der Waals surface area contributed by atoms with Crippen LogP contribution >= 0.6 is 0 Å². The Labute approximate surface area is 125 Å². The van der Waals surface area contributed by atoms with Gasteiger partial charge in [0.05, 0.1) is 6.61 Å². The normalized spacial score (nSPS) is 12.3. The molecule has 0 aliphatic rings. The fourth-order valence-electron chi connectivity index (χ4n) is 1.93.